The Bertz CT molecular complexity index is 1010. The first-order valence-electron chi connectivity index (χ1n) is 11.7. The van der Waals surface area contributed by atoms with E-state index in [1.54, 1.807) is 0 Å². The maximum Gasteiger partial charge on any atom is 0.258 e. The number of hydrogen-bond acceptors (Lipinski definition) is 3. The second-order valence-corrected chi connectivity index (χ2v) is 9.10. The minimum absolute atomic E-state index is 0.0116. The number of rotatable bonds is 11. The first kappa shape index (κ1) is 28.5. The van der Waals surface area contributed by atoms with Crippen LogP contribution in [0.15, 0.2) is 60.1 Å². The van der Waals surface area contributed by atoms with E-state index >= 15 is 0 Å². The van der Waals surface area contributed by atoms with Gasteiger partial charge in [-0.05, 0) is 62.1 Å². The van der Waals surface area contributed by atoms with Crippen molar-refractivity contribution in [2.24, 2.45) is 10.9 Å². The molecule has 2 N–H and O–H groups in total. The molecule has 0 saturated heterocycles. The van der Waals surface area contributed by atoms with E-state index in [1.165, 1.54) is 6.07 Å². The van der Waals surface area contributed by atoms with Crippen molar-refractivity contribution >= 4 is 23.5 Å². The summed E-state index contributed by atoms with van der Waals surface area (Å²) in [6.07, 6.45) is 2.40. The summed E-state index contributed by atoms with van der Waals surface area (Å²) in [5.74, 6) is -2.25. The monoisotopic (exact) mass is 505 g/mol. The number of allylic oxidation sites excluding steroid dienone is 1. The number of hydrogen-bond donors (Lipinski definition) is 2. The van der Waals surface area contributed by atoms with Crippen molar-refractivity contribution in [3.05, 3.63) is 82.9 Å². The molecular formula is C27H34ClF2N3O2. The van der Waals surface area contributed by atoms with Crippen LogP contribution in [0.5, 0.6) is 0 Å². The van der Waals surface area contributed by atoms with Crippen LogP contribution in [0.1, 0.15) is 56.0 Å². The fourth-order valence-electron chi connectivity index (χ4n) is 3.52. The highest BCUT2D eigenvalue weighted by Gasteiger charge is 2.22. The Morgan fingerprint density at radius 1 is 1.14 bits per heavy atom. The van der Waals surface area contributed by atoms with E-state index in [0.717, 1.165) is 17.7 Å². The largest absolute Gasteiger partial charge is 0.377 e. The number of halogens is 3. The lowest BCUT2D eigenvalue weighted by atomic mass is 9.88. The Morgan fingerprint density at radius 3 is 2.40 bits per heavy atom. The minimum atomic E-state index is -1.09. The van der Waals surface area contributed by atoms with Gasteiger partial charge in [-0.1, -0.05) is 43.7 Å². The number of amides is 1. The van der Waals surface area contributed by atoms with Gasteiger partial charge in [0, 0.05) is 29.2 Å². The standard InChI is InChI=1S/C27H34ClF2N3O2/c1-6-19(20-8-11-22(28)12-9-20)15-25(17(3)4)32-27(31-16-18(5)35-7-2)33-26(34)21-10-13-23(29)24(30)14-21/h6,8-14,17-19,25H,1,7,15-16H2,2-5H3,(H2,31,32,33,34). The van der Waals surface area contributed by atoms with Crippen molar-refractivity contribution in [1.82, 2.24) is 10.6 Å². The molecule has 8 heteroatoms. The SMILES string of the molecule is C=CC(CC(NC(=NCC(C)OCC)NC(=O)c1ccc(F)c(F)c1)C(C)C)c1ccc(Cl)cc1. The molecule has 0 aliphatic rings. The molecule has 3 atom stereocenters. The van der Waals surface area contributed by atoms with E-state index in [9.17, 15) is 13.6 Å². The highest BCUT2D eigenvalue weighted by molar-refractivity contribution is 6.30. The van der Waals surface area contributed by atoms with Gasteiger partial charge in [-0.15, -0.1) is 6.58 Å². The first-order chi connectivity index (χ1) is 16.6. The Kier molecular flexibility index (Phi) is 11.3. The summed E-state index contributed by atoms with van der Waals surface area (Å²) in [6, 6.07) is 10.5. The van der Waals surface area contributed by atoms with E-state index in [4.69, 9.17) is 16.3 Å². The van der Waals surface area contributed by atoms with E-state index in [1.807, 2.05) is 44.2 Å². The number of nitrogens with zero attached hydrogens (tertiary/aromatic N) is 1. The predicted octanol–water partition coefficient (Wildman–Crippen LogP) is 6.10. The molecule has 190 valence electrons. The molecule has 2 aromatic rings. The maximum absolute atomic E-state index is 13.7. The summed E-state index contributed by atoms with van der Waals surface area (Å²) in [7, 11) is 0. The number of benzene rings is 2. The van der Waals surface area contributed by atoms with E-state index in [0.29, 0.717) is 24.6 Å². The second kappa shape index (κ2) is 14.0. The fourth-order valence-corrected chi connectivity index (χ4v) is 3.65. The fraction of sp³-hybridized carbons (Fsp3) is 0.407. The quantitative estimate of drug-likeness (QED) is 0.220. The third-order valence-corrected chi connectivity index (χ3v) is 5.84. The highest BCUT2D eigenvalue weighted by Crippen LogP contribution is 2.26. The zero-order valence-electron chi connectivity index (χ0n) is 20.7. The molecule has 0 heterocycles. The summed E-state index contributed by atoms with van der Waals surface area (Å²) in [6.45, 7) is 12.7. The molecule has 3 unspecified atom stereocenters. The van der Waals surface area contributed by atoms with Crippen LogP contribution in [0.3, 0.4) is 0 Å². The lowest BCUT2D eigenvalue weighted by Crippen LogP contribution is -2.48. The molecule has 0 bridgehead atoms. The summed E-state index contributed by atoms with van der Waals surface area (Å²) in [5, 5.41) is 6.72. The van der Waals surface area contributed by atoms with Crippen LogP contribution in [0.2, 0.25) is 5.02 Å². The third kappa shape index (κ3) is 9.07. The van der Waals surface area contributed by atoms with Crippen molar-refractivity contribution in [2.45, 2.75) is 52.2 Å². The van der Waals surface area contributed by atoms with Crippen LogP contribution in [0.4, 0.5) is 8.78 Å². The predicted molar refractivity (Wildman–Crippen MR) is 138 cm³/mol. The van der Waals surface area contributed by atoms with Gasteiger partial charge in [0.05, 0.1) is 12.6 Å². The first-order valence-corrected chi connectivity index (χ1v) is 12.1. The molecule has 0 radical (unpaired) electrons. The molecule has 0 spiro atoms. The van der Waals surface area contributed by atoms with Crippen molar-refractivity contribution < 1.29 is 18.3 Å². The van der Waals surface area contributed by atoms with Crippen LogP contribution in [0.25, 0.3) is 0 Å². The molecule has 2 rings (SSSR count). The Balaban J connectivity index is 2.25. The number of carbonyl (C=O) groups is 1. The Hall–Kier alpha value is -2.77. The van der Waals surface area contributed by atoms with Gasteiger partial charge < -0.3 is 10.1 Å². The van der Waals surface area contributed by atoms with Crippen LogP contribution in [0, 0.1) is 17.6 Å². The number of aliphatic imine (C=N–C) groups is 1. The molecule has 0 aromatic heterocycles. The molecule has 0 aliphatic heterocycles. The van der Waals surface area contributed by atoms with Crippen molar-refractivity contribution in [3.63, 3.8) is 0 Å². The van der Waals surface area contributed by atoms with Gasteiger partial charge in [0.25, 0.3) is 5.91 Å². The normalized spacial score (nSPS) is 14.3. The zero-order valence-corrected chi connectivity index (χ0v) is 21.4. The van der Waals surface area contributed by atoms with E-state index in [2.05, 4.69) is 36.1 Å². The molecule has 2 aromatic carbocycles. The third-order valence-electron chi connectivity index (χ3n) is 5.59. The van der Waals surface area contributed by atoms with Gasteiger partial charge >= 0.3 is 0 Å². The molecular weight excluding hydrogens is 472 g/mol. The number of nitrogens with one attached hydrogen (secondary N) is 2. The maximum atomic E-state index is 13.7. The van der Waals surface area contributed by atoms with Crippen molar-refractivity contribution in [3.8, 4) is 0 Å². The lowest BCUT2D eigenvalue weighted by Gasteiger charge is -2.28. The van der Waals surface area contributed by atoms with Crippen LogP contribution < -0.4 is 10.6 Å². The van der Waals surface area contributed by atoms with Crippen molar-refractivity contribution in [1.29, 1.82) is 0 Å². The molecule has 1 amide bonds. The van der Waals surface area contributed by atoms with Gasteiger partial charge in [0.15, 0.2) is 17.6 Å². The summed E-state index contributed by atoms with van der Waals surface area (Å²) in [5.41, 5.74) is 1.06. The molecule has 35 heavy (non-hydrogen) atoms. The van der Waals surface area contributed by atoms with Crippen LogP contribution in [-0.2, 0) is 4.74 Å². The van der Waals surface area contributed by atoms with Gasteiger partial charge in [-0.25, -0.2) is 8.78 Å². The highest BCUT2D eigenvalue weighted by atomic mass is 35.5. The Morgan fingerprint density at radius 2 is 1.83 bits per heavy atom. The molecule has 0 saturated carbocycles. The number of guanidine groups is 1. The molecule has 5 nitrogen and oxygen atoms in total. The number of ether oxygens (including phenoxy) is 1. The van der Waals surface area contributed by atoms with Crippen molar-refractivity contribution in [2.75, 3.05) is 13.2 Å². The van der Waals surface area contributed by atoms with Gasteiger partial charge in [0.2, 0.25) is 0 Å². The Labute approximate surface area is 211 Å². The smallest absolute Gasteiger partial charge is 0.258 e. The lowest BCUT2D eigenvalue weighted by molar-refractivity contribution is 0.0826. The molecule has 0 aliphatic carbocycles. The topological polar surface area (TPSA) is 62.7 Å². The summed E-state index contributed by atoms with van der Waals surface area (Å²) >= 11 is 6.04. The van der Waals surface area contributed by atoms with Gasteiger partial charge in [0.1, 0.15) is 0 Å². The van der Waals surface area contributed by atoms with E-state index in [-0.39, 0.29) is 35.5 Å². The minimum Gasteiger partial charge on any atom is -0.377 e. The average Bonchev–Trinajstić information content (AvgIpc) is 2.82. The second-order valence-electron chi connectivity index (χ2n) is 8.66. The zero-order chi connectivity index (χ0) is 26.0. The van der Waals surface area contributed by atoms with Crippen LogP contribution in [-0.4, -0.2) is 37.2 Å². The summed E-state index contributed by atoms with van der Waals surface area (Å²) < 4.78 is 32.5. The number of carbonyl (C=O) groups excluding carboxylic acids is 1. The average molecular weight is 506 g/mol. The van der Waals surface area contributed by atoms with Gasteiger partial charge in [-0.2, -0.15) is 0 Å². The summed E-state index contributed by atoms with van der Waals surface area (Å²) in [4.78, 5) is 17.3. The van der Waals surface area contributed by atoms with Gasteiger partial charge in [-0.3, -0.25) is 15.1 Å². The molecule has 0 fully saturated rings. The van der Waals surface area contributed by atoms with Crippen LogP contribution >= 0.6 is 11.6 Å². The van der Waals surface area contributed by atoms with E-state index < -0.39 is 17.5 Å².